The van der Waals surface area contributed by atoms with E-state index in [1.54, 1.807) is 0 Å². The Hall–Kier alpha value is -1.72. The molecule has 134 valence electrons. The van der Waals surface area contributed by atoms with Gasteiger partial charge < -0.3 is 14.6 Å². The summed E-state index contributed by atoms with van der Waals surface area (Å²) in [7, 11) is 0. The minimum atomic E-state index is 0.0625. The van der Waals surface area contributed by atoms with Gasteiger partial charge in [-0.2, -0.15) is 0 Å². The van der Waals surface area contributed by atoms with Crippen molar-refractivity contribution in [3.05, 3.63) is 47.8 Å². The Labute approximate surface area is 149 Å². The highest BCUT2D eigenvalue weighted by Crippen LogP contribution is 2.29. The largest absolute Gasteiger partial charge is 0.369 e. The third-order valence-corrected chi connectivity index (χ3v) is 5.59. The van der Waals surface area contributed by atoms with Gasteiger partial charge in [-0.15, -0.1) is 0 Å². The third kappa shape index (κ3) is 3.62. The summed E-state index contributed by atoms with van der Waals surface area (Å²) in [4.78, 5) is 9.17. The molecule has 1 aliphatic heterocycles. The van der Waals surface area contributed by atoms with Crippen LogP contribution in [0.25, 0.3) is 0 Å². The number of nitrogens with one attached hydrogen (secondary N) is 1. The Morgan fingerprint density at radius 2 is 2.12 bits per heavy atom. The van der Waals surface area contributed by atoms with Gasteiger partial charge in [-0.05, 0) is 57.1 Å². The van der Waals surface area contributed by atoms with Crippen molar-refractivity contribution in [1.29, 1.82) is 0 Å². The fourth-order valence-electron chi connectivity index (χ4n) is 4.23. The van der Waals surface area contributed by atoms with Crippen molar-refractivity contribution in [1.82, 2.24) is 19.9 Å². The lowest BCUT2D eigenvalue weighted by Gasteiger charge is -2.35. The van der Waals surface area contributed by atoms with Gasteiger partial charge in [0.05, 0.1) is 0 Å². The Bertz CT molecular complexity index is 672. The zero-order valence-corrected chi connectivity index (χ0v) is 15.0. The molecule has 2 aromatic rings. The number of nitrogens with zero attached hydrogens (tertiary/aromatic N) is 3. The number of hydrogen-bond donors (Lipinski definition) is 1. The molecule has 25 heavy (non-hydrogen) atoms. The highest BCUT2D eigenvalue weighted by molar-refractivity contribution is 5.21. The highest BCUT2D eigenvalue weighted by Gasteiger charge is 2.32. The smallest absolute Gasteiger partial charge is 0.139 e. The molecule has 3 heterocycles. The molecule has 0 saturated carbocycles. The van der Waals surface area contributed by atoms with E-state index in [4.69, 9.17) is 4.74 Å². The number of aromatic nitrogens is 3. The zero-order valence-electron chi connectivity index (χ0n) is 15.0. The second-order valence-electron chi connectivity index (χ2n) is 7.16. The Morgan fingerprint density at radius 3 is 3.04 bits per heavy atom. The minimum Gasteiger partial charge on any atom is -0.369 e. The zero-order chi connectivity index (χ0) is 17.1. The lowest BCUT2D eigenvalue weighted by molar-refractivity contribution is -0.0212. The van der Waals surface area contributed by atoms with Gasteiger partial charge in [0, 0.05) is 49.5 Å². The van der Waals surface area contributed by atoms with Crippen LogP contribution in [0.5, 0.6) is 0 Å². The molecule has 5 nitrogen and oxygen atoms in total. The molecule has 2 aromatic heterocycles. The standard InChI is InChI=1S/C20H28N4O/c1-2-24-13-12-22-20(24)19-18(6-4-14-25-19)23-16-8-7-15-5-3-11-21-17(15)10-9-16/h3,5,11-13,16,18-19,23H,2,4,6-10,14H2,1H3/t16?,18-,19-/m1/s1. The van der Waals surface area contributed by atoms with Crippen LogP contribution >= 0.6 is 0 Å². The van der Waals surface area contributed by atoms with Crippen LogP contribution in [0.3, 0.4) is 0 Å². The van der Waals surface area contributed by atoms with E-state index in [1.807, 2.05) is 12.4 Å². The van der Waals surface area contributed by atoms with Gasteiger partial charge in [0.25, 0.3) is 0 Å². The van der Waals surface area contributed by atoms with Gasteiger partial charge in [0.2, 0.25) is 0 Å². The van der Waals surface area contributed by atoms with E-state index in [9.17, 15) is 0 Å². The van der Waals surface area contributed by atoms with Gasteiger partial charge in [-0.3, -0.25) is 4.98 Å². The maximum Gasteiger partial charge on any atom is 0.139 e. The normalized spacial score (nSPS) is 26.8. The first-order valence-electron chi connectivity index (χ1n) is 9.66. The number of rotatable bonds is 4. The van der Waals surface area contributed by atoms with Crippen LogP contribution in [0.4, 0.5) is 0 Å². The van der Waals surface area contributed by atoms with E-state index in [2.05, 4.69) is 45.1 Å². The molecule has 1 saturated heterocycles. The van der Waals surface area contributed by atoms with Crippen molar-refractivity contribution in [3.63, 3.8) is 0 Å². The van der Waals surface area contributed by atoms with Crippen molar-refractivity contribution < 1.29 is 4.74 Å². The molecule has 5 heteroatoms. The van der Waals surface area contributed by atoms with E-state index in [-0.39, 0.29) is 6.10 Å². The average molecular weight is 340 g/mol. The number of aryl methyl sites for hydroxylation is 3. The van der Waals surface area contributed by atoms with Gasteiger partial charge in [0.1, 0.15) is 11.9 Å². The van der Waals surface area contributed by atoms with Crippen LogP contribution in [-0.4, -0.2) is 33.2 Å². The third-order valence-electron chi connectivity index (χ3n) is 5.59. The van der Waals surface area contributed by atoms with Crippen LogP contribution in [0.15, 0.2) is 30.7 Å². The molecule has 0 spiro atoms. The topological polar surface area (TPSA) is 52.0 Å². The van der Waals surface area contributed by atoms with E-state index < -0.39 is 0 Å². The van der Waals surface area contributed by atoms with Crippen LogP contribution in [0.1, 0.15) is 55.8 Å². The number of ether oxygens (including phenoxy) is 1. The van der Waals surface area contributed by atoms with Crippen molar-refractivity contribution in [2.75, 3.05) is 6.61 Å². The summed E-state index contributed by atoms with van der Waals surface area (Å²) >= 11 is 0. The quantitative estimate of drug-likeness (QED) is 0.869. The predicted octanol–water partition coefficient (Wildman–Crippen LogP) is 3.06. The predicted molar refractivity (Wildman–Crippen MR) is 97.4 cm³/mol. The number of fused-ring (bicyclic) bond motifs is 1. The summed E-state index contributed by atoms with van der Waals surface area (Å²) in [5.41, 5.74) is 2.70. The van der Waals surface area contributed by atoms with Crippen molar-refractivity contribution in [3.8, 4) is 0 Å². The van der Waals surface area contributed by atoms with Gasteiger partial charge >= 0.3 is 0 Å². The van der Waals surface area contributed by atoms with Crippen LogP contribution in [0.2, 0.25) is 0 Å². The molecular formula is C20H28N4O. The monoisotopic (exact) mass is 340 g/mol. The molecule has 1 fully saturated rings. The molecule has 0 aromatic carbocycles. The van der Waals surface area contributed by atoms with E-state index >= 15 is 0 Å². The lowest BCUT2D eigenvalue weighted by Crippen LogP contribution is -2.45. The molecule has 1 aliphatic carbocycles. The van der Waals surface area contributed by atoms with E-state index in [0.29, 0.717) is 12.1 Å². The van der Waals surface area contributed by atoms with Crippen molar-refractivity contribution >= 4 is 0 Å². The van der Waals surface area contributed by atoms with E-state index in [0.717, 1.165) is 51.1 Å². The van der Waals surface area contributed by atoms with Crippen molar-refractivity contribution in [2.45, 2.75) is 70.2 Å². The first kappa shape index (κ1) is 16.7. The number of hydrogen-bond acceptors (Lipinski definition) is 4. The minimum absolute atomic E-state index is 0.0625. The maximum absolute atomic E-state index is 6.15. The summed E-state index contributed by atoms with van der Waals surface area (Å²) in [6, 6.07) is 5.16. The summed E-state index contributed by atoms with van der Waals surface area (Å²) in [5.74, 6) is 1.07. The Morgan fingerprint density at radius 1 is 1.20 bits per heavy atom. The molecule has 4 rings (SSSR count). The SMILES string of the molecule is CCn1ccnc1[C@@H]1OCCC[C@H]1NC1CCc2cccnc2CC1. The molecule has 1 unspecified atom stereocenters. The summed E-state index contributed by atoms with van der Waals surface area (Å²) < 4.78 is 8.36. The maximum atomic E-state index is 6.15. The van der Waals surface area contributed by atoms with E-state index in [1.165, 1.54) is 17.7 Å². The second kappa shape index (κ2) is 7.67. The van der Waals surface area contributed by atoms with Crippen LogP contribution in [-0.2, 0) is 24.1 Å². The van der Waals surface area contributed by atoms with Crippen LogP contribution in [0, 0.1) is 0 Å². The summed E-state index contributed by atoms with van der Waals surface area (Å²) in [6.45, 7) is 3.93. The molecule has 1 N–H and O–H groups in total. The molecule has 2 aliphatic rings. The van der Waals surface area contributed by atoms with Crippen molar-refractivity contribution in [2.24, 2.45) is 0 Å². The van der Waals surface area contributed by atoms with Gasteiger partial charge in [0.15, 0.2) is 0 Å². The molecular weight excluding hydrogens is 312 g/mol. The highest BCUT2D eigenvalue weighted by atomic mass is 16.5. The second-order valence-corrected chi connectivity index (χ2v) is 7.16. The summed E-state index contributed by atoms with van der Waals surface area (Å²) in [5, 5.41) is 3.92. The fourth-order valence-corrected chi connectivity index (χ4v) is 4.23. The lowest BCUT2D eigenvalue weighted by atomic mass is 9.98. The van der Waals surface area contributed by atoms with Crippen LogP contribution < -0.4 is 5.32 Å². The van der Waals surface area contributed by atoms with Gasteiger partial charge in [-0.1, -0.05) is 6.07 Å². The molecule has 0 amide bonds. The Kier molecular flexibility index (Phi) is 5.13. The Balaban J connectivity index is 1.45. The first-order valence-corrected chi connectivity index (χ1v) is 9.66. The first-order chi connectivity index (χ1) is 12.3. The molecule has 0 bridgehead atoms. The number of imidazole rings is 1. The van der Waals surface area contributed by atoms with Gasteiger partial charge in [-0.25, -0.2) is 4.98 Å². The molecule has 3 atom stereocenters. The number of pyridine rings is 1. The fraction of sp³-hybridized carbons (Fsp3) is 0.600. The average Bonchev–Trinajstić information content (AvgIpc) is 3.04. The molecule has 0 radical (unpaired) electrons. The summed E-state index contributed by atoms with van der Waals surface area (Å²) in [6.07, 6.45) is 12.7.